The Kier molecular flexibility index (Phi) is 11.6. The molecule has 0 bridgehead atoms. The summed E-state index contributed by atoms with van der Waals surface area (Å²) in [7, 11) is 1.72. The van der Waals surface area contributed by atoms with Gasteiger partial charge in [0.05, 0.1) is 7.11 Å². The van der Waals surface area contributed by atoms with Crippen LogP contribution in [0.4, 0.5) is 0 Å². The Morgan fingerprint density at radius 2 is 1.15 bits per heavy atom. The van der Waals surface area contributed by atoms with E-state index in [2.05, 4.69) is 54.8 Å². The van der Waals surface area contributed by atoms with Gasteiger partial charge in [0.15, 0.2) is 0 Å². The van der Waals surface area contributed by atoms with Gasteiger partial charge in [-0.3, -0.25) is 0 Å². The van der Waals surface area contributed by atoms with Crippen LogP contribution in [-0.4, -0.2) is 11.7 Å². The number of benzene rings is 2. The number of ether oxygens (including phenoxy) is 1. The van der Waals surface area contributed by atoms with Gasteiger partial charge < -0.3 is 9.30 Å². The number of nitrogens with zero attached hydrogens (tertiary/aromatic N) is 1. The number of aryl methyl sites for hydroxylation is 2. The lowest BCUT2D eigenvalue weighted by atomic mass is 10.0. The number of rotatable bonds is 17. The first kappa shape index (κ1) is 26.4. The van der Waals surface area contributed by atoms with Gasteiger partial charge in [-0.2, -0.15) is 0 Å². The van der Waals surface area contributed by atoms with Crippen LogP contribution < -0.4 is 4.74 Å². The first-order valence-corrected chi connectivity index (χ1v) is 14.0. The van der Waals surface area contributed by atoms with Crippen molar-refractivity contribution in [2.24, 2.45) is 0 Å². The average Bonchev–Trinajstić information content (AvgIpc) is 3.18. The smallest absolute Gasteiger partial charge is 0.118 e. The van der Waals surface area contributed by atoms with E-state index in [0.717, 1.165) is 12.3 Å². The lowest BCUT2D eigenvalue weighted by Crippen LogP contribution is -2.00. The molecule has 0 aliphatic heterocycles. The van der Waals surface area contributed by atoms with Gasteiger partial charge in [-0.25, -0.2) is 0 Å². The molecule has 0 saturated carbocycles. The van der Waals surface area contributed by atoms with Gasteiger partial charge in [-0.15, -0.1) is 0 Å². The maximum atomic E-state index is 5.31. The Morgan fingerprint density at radius 1 is 0.618 bits per heavy atom. The van der Waals surface area contributed by atoms with Crippen molar-refractivity contribution in [3.63, 3.8) is 0 Å². The number of unbranched alkanes of at least 4 members (excludes halogenated alkanes) is 13. The minimum atomic E-state index is 0.904. The van der Waals surface area contributed by atoms with E-state index in [1.54, 1.807) is 7.11 Å². The van der Waals surface area contributed by atoms with Crippen molar-refractivity contribution in [1.82, 2.24) is 4.57 Å². The minimum absolute atomic E-state index is 0.904. The van der Waals surface area contributed by atoms with Crippen LogP contribution in [-0.2, 0) is 6.54 Å². The van der Waals surface area contributed by atoms with Crippen LogP contribution in [0.1, 0.15) is 103 Å². The fraction of sp³-hybridized carbons (Fsp3) is 0.562. The average molecular weight is 462 g/mol. The van der Waals surface area contributed by atoms with E-state index in [9.17, 15) is 0 Å². The molecule has 1 heterocycles. The predicted octanol–water partition coefficient (Wildman–Crippen LogP) is 10.1. The molecule has 0 fully saturated rings. The molecule has 0 amide bonds. The van der Waals surface area contributed by atoms with Gasteiger partial charge in [0.1, 0.15) is 5.75 Å². The summed E-state index contributed by atoms with van der Waals surface area (Å²) in [4.78, 5) is 0. The van der Waals surface area contributed by atoms with Gasteiger partial charge in [0.2, 0.25) is 0 Å². The Hall–Kier alpha value is -2.22. The van der Waals surface area contributed by atoms with Crippen molar-refractivity contribution >= 4 is 10.9 Å². The number of fused-ring (bicyclic) bond motifs is 1. The number of aromatic nitrogens is 1. The van der Waals surface area contributed by atoms with Gasteiger partial charge in [0.25, 0.3) is 0 Å². The van der Waals surface area contributed by atoms with Crippen LogP contribution in [0, 0.1) is 6.92 Å². The fourth-order valence-electron chi connectivity index (χ4n) is 5.12. The second kappa shape index (κ2) is 14.9. The first-order valence-electron chi connectivity index (χ1n) is 14.0. The van der Waals surface area contributed by atoms with Crippen LogP contribution in [0.25, 0.3) is 22.0 Å². The maximum Gasteiger partial charge on any atom is 0.118 e. The Labute approximate surface area is 208 Å². The van der Waals surface area contributed by atoms with E-state index in [0.29, 0.717) is 0 Å². The summed E-state index contributed by atoms with van der Waals surface area (Å²) in [6, 6.07) is 17.6. The van der Waals surface area contributed by atoms with Gasteiger partial charge >= 0.3 is 0 Å². The van der Waals surface area contributed by atoms with Crippen molar-refractivity contribution in [3.05, 3.63) is 54.2 Å². The topological polar surface area (TPSA) is 14.2 Å². The fourth-order valence-corrected chi connectivity index (χ4v) is 5.12. The third-order valence-electron chi connectivity index (χ3n) is 7.27. The van der Waals surface area contributed by atoms with Crippen LogP contribution in [0.3, 0.4) is 0 Å². The molecule has 0 aliphatic rings. The highest BCUT2D eigenvalue weighted by atomic mass is 16.5. The van der Waals surface area contributed by atoms with Gasteiger partial charge in [0, 0.05) is 17.8 Å². The summed E-state index contributed by atoms with van der Waals surface area (Å²) in [5, 5.41) is 1.35. The molecule has 2 heteroatoms. The zero-order valence-corrected chi connectivity index (χ0v) is 22.1. The molecule has 3 aromatic rings. The van der Waals surface area contributed by atoms with E-state index in [1.165, 1.54) is 118 Å². The molecule has 34 heavy (non-hydrogen) atoms. The highest BCUT2D eigenvalue weighted by molar-refractivity contribution is 5.86. The Bertz CT molecular complexity index is 953. The quantitative estimate of drug-likeness (QED) is 0.182. The van der Waals surface area contributed by atoms with Crippen LogP contribution in [0.15, 0.2) is 48.5 Å². The normalized spacial score (nSPS) is 11.4. The zero-order valence-electron chi connectivity index (χ0n) is 22.1. The molecule has 0 atom stereocenters. The molecule has 0 spiro atoms. The molecule has 3 rings (SSSR count). The monoisotopic (exact) mass is 461 g/mol. The van der Waals surface area contributed by atoms with E-state index in [4.69, 9.17) is 4.74 Å². The van der Waals surface area contributed by atoms with Crippen LogP contribution in [0.2, 0.25) is 0 Å². The largest absolute Gasteiger partial charge is 0.497 e. The molecule has 186 valence electrons. The van der Waals surface area contributed by atoms with E-state index in [-0.39, 0.29) is 0 Å². The molecule has 0 N–H and O–H groups in total. The number of hydrogen-bond donors (Lipinski definition) is 0. The van der Waals surface area contributed by atoms with E-state index < -0.39 is 0 Å². The van der Waals surface area contributed by atoms with Crippen molar-refractivity contribution in [2.45, 2.75) is 110 Å². The minimum Gasteiger partial charge on any atom is -0.497 e. The summed E-state index contributed by atoms with van der Waals surface area (Å²) < 4.78 is 7.83. The SMILES string of the molecule is CCCCCCCCCCCCCCCCn1c(C)cc2ccc(-c3ccc(OC)cc3)cc21. The first-order chi connectivity index (χ1) is 16.7. The molecular weight excluding hydrogens is 414 g/mol. The molecule has 0 aliphatic carbocycles. The molecule has 1 aromatic heterocycles. The molecular formula is C32H47NO. The second-order valence-electron chi connectivity index (χ2n) is 10.0. The Morgan fingerprint density at radius 3 is 1.71 bits per heavy atom. The summed E-state index contributed by atoms with van der Waals surface area (Å²) in [6.45, 7) is 5.67. The Balaban J connectivity index is 1.36. The highest BCUT2D eigenvalue weighted by Crippen LogP contribution is 2.28. The third-order valence-corrected chi connectivity index (χ3v) is 7.27. The van der Waals surface area contributed by atoms with Crippen LogP contribution in [0.5, 0.6) is 5.75 Å². The van der Waals surface area contributed by atoms with Crippen molar-refractivity contribution in [2.75, 3.05) is 7.11 Å². The highest BCUT2D eigenvalue weighted by Gasteiger charge is 2.08. The predicted molar refractivity (Wildman–Crippen MR) is 149 cm³/mol. The van der Waals surface area contributed by atoms with Crippen molar-refractivity contribution in [3.8, 4) is 16.9 Å². The second-order valence-corrected chi connectivity index (χ2v) is 10.0. The van der Waals surface area contributed by atoms with Crippen molar-refractivity contribution in [1.29, 1.82) is 0 Å². The molecule has 0 radical (unpaired) electrons. The molecule has 0 saturated heterocycles. The molecule has 0 unspecified atom stereocenters. The van der Waals surface area contributed by atoms with Gasteiger partial charge in [-0.05, 0) is 54.1 Å². The van der Waals surface area contributed by atoms with Crippen LogP contribution >= 0.6 is 0 Å². The van der Waals surface area contributed by atoms with Crippen molar-refractivity contribution < 1.29 is 4.74 Å². The number of methoxy groups -OCH3 is 1. The van der Waals surface area contributed by atoms with Gasteiger partial charge in [-0.1, -0.05) is 115 Å². The zero-order chi connectivity index (χ0) is 24.0. The van der Waals surface area contributed by atoms with E-state index >= 15 is 0 Å². The molecule has 2 nitrogen and oxygen atoms in total. The standard InChI is InChI=1S/C32H47NO/c1-4-5-6-7-8-9-10-11-12-13-14-15-16-17-24-33-27(2)25-30-19-18-29(26-32(30)33)28-20-22-31(34-3)23-21-28/h18-23,25-26H,4-17,24H2,1-3H3. The number of hydrogen-bond acceptors (Lipinski definition) is 1. The lowest BCUT2D eigenvalue weighted by Gasteiger charge is -2.10. The molecule has 2 aromatic carbocycles. The third kappa shape index (κ3) is 8.22. The summed E-state index contributed by atoms with van der Waals surface area (Å²) in [6.07, 6.45) is 19.7. The lowest BCUT2D eigenvalue weighted by molar-refractivity contribution is 0.415. The van der Waals surface area contributed by atoms with E-state index in [1.807, 2.05) is 12.1 Å². The summed E-state index contributed by atoms with van der Waals surface area (Å²) in [5.74, 6) is 0.904. The summed E-state index contributed by atoms with van der Waals surface area (Å²) >= 11 is 0. The maximum absolute atomic E-state index is 5.31. The summed E-state index contributed by atoms with van der Waals surface area (Å²) in [5.41, 5.74) is 5.25.